The molecule has 3 aromatic rings. The Morgan fingerprint density at radius 2 is 1.82 bits per heavy atom. The number of anilines is 1. The van der Waals surface area contributed by atoms with Crippen LogP contribution in [0.25, 0.3) is 11.3 Å². The predicted octanol–water partition coefficient (Wildman–Crippen LogP) is 5.27. The van der Waals surface area contributed by atoms with Crippen LogP contribution < -0.4 is 10.6 Å². The summed E-state index contributed by atoms with van der Waals surface area (Å²) in [7, 11) is 0. The van der Waals surface area contributed by atoms with Gasteiger partial charge in [-0.3, -0.25) is 4.79 Å². The lowest BCUT2D eigenvalue weighted by atomic mass is 10.0. The summed E-state index contributed by atoms with van der Waals surface area (Å²) < 4.78 is 1.45. The summed E-state index contributed by atoms with van der Waals surface area (Å²) in [6, 6.07) is 16.3. The SMILES string of the molecule is CC(C)C(=O)Nc1ccc(-c2cc(C3CCCC3)n(C(=O)NCc3ccccc3)n2)c(O)c1. The fourth-order valence-corrected chi connectivity index (χ4v) is 4.16. The van der Waals surface area contributed by atoms with Crippen LogP contribution in [-0.4, -0.2) is 26.8 Å². The molecule has 1 heterocycles. The fourth-order valence-electron chi connectivity index (χ4n) is 4.16. The van der Waals surface area contributed by atoms with Gasteiger partial charge in [-0.1, -0.05) is 57.0 Å². The molecule has 172 valence electrons. The van der Waals surface area contributed by atoms with E-state index in [1.54, 1.807) is 12.1 Å². The molecule has 2 aromatic carbocycles. The number of nitrogens with zero attached hydrogens (tertiary/aromatic N) is 2. The number of hydrogen-bond acceptors (Lipinski definition) is 4. The van der Waals surface area contributed by atoms with Crippen LogP contribution in [0.3, 0.4) is 0 Å². The van der Waals surface area contributed by atoms with Crippen molar-refractivity contribution in [2.75, 3.05) is 5.32 Å². The van der Waals surface area contributed by atoms with E-state index in [0.29, 0.717) is 23.5 Å². The van der Waals surface area contributed by atoms with Crippen molar-refractivity contribution in [1.82, 2.24) is 15.1 Å². The van der Waals surface area contributed by atoms with Crippen molar-refractivity contribution in [3.05, 3.63) is 65.9 Å². The molecule has 3 N–H and O–H groups in total. The van der Waals surface area contributed by atoms with Gasteiger partial charge in [-0.05, 0) is 36.6 Å². The summed E-state index contributed by atoms with van der Waals surface area (Å²) in [5.41, 5.74) is 3.45. The highest BCUT2D eigenvalue weighted by molar-refractivity contribution is 5.92. The number of rotatable bonds is 6. The second-order valence-electron chi connectivity index (χ2n) is 8.87. The maximum Gasteiger partial charge on any atom is 0.342 e. The Hall–Kier alpha value is -3.61. The highest BCUT2D eigenvalue weighted by atomic mass is 16.3. The molecule has 1 aromatic heterocycles. The monoisotopic (exact) mass is 446 g/mol. The number of phenols is 1. The minimum Gasteiger partial charge on any atom is -0.507 e. The van der Waals surface area contributed by atoms with Crippen LogP contribution in [0.1, 0.15) is 56.7 Å². The Kier molecular flexibility index (Phi) is 6.77. The average molecular weight is 447 g/mol. The van der Waals surface area contributed by atoms with Crippen LogP contribution in [-0.2, 0) is 11.3 Å². The molecule has 1 aliphatic carbocycles. The van der Waals surface area contributed by atoms with E-state index in [2.05, 4.69) is 15.7 Å². The van der Waals surface area contributed by atoms with Gasteiger partial charge in [-0.15, -0.1) is 0 Å². The van der Waals surface area contributed by atoms with Crippen LogP contribution >= 0.6 is 0 Å². The molecule has 0 saturated heterocycles. The zero-order valence-corrected chi connectivity index (χ0v) is 19.0. The topological polar surface area (TPSA) is 96.3 Å². The van der Waals surface area contributed by atoms with E-state index in [-0.39, 0.29) is 29.5 Å². The molecule has 0 spiro atoms. The van der Waals surface area contributed by atoms with E-state index in [1.165, 1.54) is 10.7 Å². The van der Waals surface area contributed by atoms with Crippen molar-refractivity contribution in [2.45, 2.75) is 52.0 Å². The molecule has 4 rings (SSSR count). The number of benzene rings is 2. The fraction of sp³-hybridized carbons (Fsp3) is 0.346. The first kappa shape index (κ1) is 22.6. The number of phenolic OH excluding ortho intramolecular Hbond substituents is 1. The first-order valence-corrected chi connectivity index (χ1v) is 11.5. The minimum absolute atomic E-state index is 0.00358. The van der Waals surface area contributed by atoms with Crippen molar-refractivity contribution in [2.24, 2.45) is 5.92 Å². The zero-order chi connectivity index (χ0) is 23.4. The van der Waals surface area contributed by atoms with Gasteiger partial charge in [0.15, 0.2) is 0 Å². The molecule has 0 bridgehead atoms. The zero-order valence-electron chi connectivity index (χ0n) is 19.0. The Morgan fingerprint density at radius 3 is 2.48 bits per heavy atom. The summed E-state index contributed by atoms with van der Waals surface area (Å²) in [5, 5.41) is 21.0. The van der Waals surface area contributed by atoms with E-state index < -0.39 is 0 Å². The summed E-state index contributed by atoms with van der Waals surface area (Å²) in [6.07, 6.45) is 4.30. The quantitative estimate of drug-likeness (QED) is 0.481. The summed E-state index contributed by atoms with van der Waals surface area (Å²) in [5.74, 6) is -0.0136. The van der Waals surface area contributed by atoms with Gasteiger partial charge in [0.2, 0.25) is 5.91 Å². The molecule has 1 fully saturated rings. The Bertz CT molecular complexity index is 1130. The standard InChI is InChI=1S/C26H30N4O3/c1-17(2)25(32)28-20-12-13-21(24(31)14-20)22-15-23(19-10-6-7-11-19)30(29-22)26(33)27-16-18-8-4-3-5-9-18/h3-5,8-9,12-15,17,19,31H,6-7,10-11,16H2,1-2H3,(H,27,33)(H,28,32). The Balaban J connectivity index is 1.60. The minimum atomic E-state index is -0.285. The number of amides is 2. The molecule has 1 saturated carbocycles. The average Bonchev–Trinajstić information content (AvgIpc) is 3.48. The number of aromatic hydroxyl groups is 1. The summed E-state index contributed by atoms with van der Waals surface area (Å²) in [4.78, 5) is 25.0. The van der Waals surface area contributed by atoms with Gasteiger partial charge < -0.3 is 15.7 Å². The molecule has 0 radical (unpaired) electrons. The van der Waals surface area contributed by atoms with Crippen LogP contribution in [0.15, 0.2) is 54.6 Å². The lowest BCUT2D eigenvalue weighted by molar-refractivity contribution is -0.118. The lowest BCUT2D eigenvalue weighted by Crippen LogP contribution is -2.30. The van der Waals surface area contributed by atoms with Crippen LogP contribution in [0, 0.1) is 5.92 Å². The van der Waals surface area contributed by atoms with Crippen LogP contribution in [0.2, 0.25) is 0 Å². The Labute approximate surface area is 193 Å². The number of nitrogens with one attached hydrogen (secondary N) is 2. The smallest absolute Gasteiger partial charge is 0.342 e. The molecular formula is C26H30N4O3. The normalized spacial score (nSPS) is 13.9. The van der Waals surface area contributed by atoms with E-state index in [4.69, 9.17) is 0 Å². The maximum atomic E-state index is 13.0. The third kappa shape index (κ3) is 5.25. The van der Waals surface area contributed by atoms with Crippen molar-refractivity contribution < 1.29 is 14.7 Å². The molecule has 2 amide bonds. The summed E-state index contributed by atoms with van der Waals surface area (Å²) >= 11 is 0. The number of carbonyl (C=O) groups is 2. The van der Waals surface area contributed by atoms with Gasteiger partial charge in [0.1, 0.15) is 5.75 Å². The summed E-state index contributed by atoms with van der Waals surface area (Å²) in [6.45, 7) is 4.03. The van der Waals surface area contributed by atoms with E-state index >= 15 is 0 Å². The second kappa shape index (κ2) is 9.90. The molecular weight excluding hydrogens is 416 g/mol. The van der Waals surface area contributed by atoms with E-state index in [1.807, 2.05) is 50.2 Å². The molecule has 7 nitrogen and oxygen atoms in total. The molecule has 33 heavy (non-hydrogen) atoms. The highest BCUT2D eigenvalue weighted by Crippen LogP contribution is 2.38. The Morgan fingerprint density at radius 1 is 1.09 bits per heavy atom. The number of aromatic nitrogens is 2. The molecule has 1 aliphatic rings. The second-order valence-corrected chi connectivity index (χ2v) is 8.87. The van der Waals surface area contributed by atoms with Gasteiger partial charge in [-0.25, -0.2) is 4.79 Å². The molecule has 0 unspecified atom stereocenters. The third-order valence-electron chi connectivity index (χ3n) is 6.05. The number of carbonyl (C=O) groups excluding carboxylic acids is 2. The molecule has 0 aliphatic heterocycles. The highest BCUT2D eigenvalue weighted by Gasteiger charge is 2.26. The van der Waals surface area contributed by atoms with Crippen molar-refractivity contribution in [3.8, 4) is 17.0 Å². The first-order chi connectivity index (χ1) is 15.9. The van der Waals surface area contributed by atoms with Crippen molar-refractivity contribution >= 4 is 17.6 Å². The molecule has 7 heteroatoms. The largest absolute Gasteiger partial charge is 0.507 e. The van der Waals surface area contributed by atoms with Gasteiger partial charge in [0, 0.05) is 35.7 Å². The van der Waals surface area contributed by atoms with Crippen molar-refractivity contribution in [1.29, 1.82) is 0 Å². The first-order valence-electron chi connectivity index (χ1n) is 11.5. The third-order valence-corrected chi connectivity index (χ3v) is 6.05. The lowest BCUT2D eigenvalue weighted by Gasteiger charge is -2.12. The van der Waals surface area contributed by atoms with Gasteiger partial charge in [0.25, 0.3) is 0 Å². The van der Waals surface area contributed by atoms with Gasteiger partial charge in [0.05, 0.1) is 11.4 Å². The maximum absolute atomic E-state index is 13.0. The van der Waals surface area contributed by atoms with Gasteiger partial charge in [-0.2, -0.15) is 9.78 Å². The van der Waals surface area contributed by atoms with Crippen LogP contribution in [0.5, 0.6) is 5.75 Å². The van der Waals surface area contributed by atoms with Crippen LogP contribution in [0.4, 0.5) is 10.5 Å². The molecule has 0 atom stereocenters. The van der Waals surface area contributed by atoms with E-state index in [9.17, 15) is 14.7 Å². The van der Waals surface area contributed by atoms with Gasteiger partial charge >= 0.3 is 6.03 Å². The van der Waals surface area contributed by atoms with Crippen molar-refractivity contribution in [3.63, 3.8) is 0 Å². The van der Waals surface area contributed by atoms with E-state index in [0.717, 1.165) is 36.9 Å². The number of hydrogen-bond donors (Lipinski definition) is 3. The predicted molar refractivity (Wildman–Crippen MR) is 128 cm³/mol.